The van der Waals surface area contributed by atoms with Crippen molar-refractivity contribution in [3.05, 3.63) is 29.1 Å². The van der Waals surface area contributed by atoms with Gasteiger partial charge in [-0.3, -0.25) is 0 Å². The predicted octanol–water partition coefficient (Wildman–Crippen LogP) is 1.68. The molecule has 0 saturated carbocycles. The van der Waals surface area contributed by atoms with Gasteiger partial charge in [-0.2, -0.15) is 5.26 Å². The van der Waals surface area contributed by atoms with E-state index in [2.05, 4.69) is 9.72 Å². The molecule has 0 atom stereocenters. The zero-order chi connectivity index (χ0) is 11.4. The minimum Gasteiger partial charge on any atom is -0.465 e. The molecule has 6 heteroatoms. The van der Waals surface area contributed by atoms with E-state index < -0.39 is 23.5 Å². The Bertz CT molecular complexity index is 427. The van der Waals surface area contributed by atoms with Gasteiger partial charge in [-0.05, 0) is 6.07 Å². The number of alkyl halides is 2. The Morgan fingerprint density at radius 1 is 1.67 bits per heavy atom. The number of carbonyl (C=O) groups is 1. The monoisotopic (exact) mass is 212 g/mol. The van der Waals surface area contributed by atoms with E-state index >= 15 is 0 Å². The number of halogens is 2. The number of nitrogens with zero attached hydrogens (tertiary/aromatic N) is 2. The number of pyridine rings is 1. The molecule has 0 bridgehead atoms. The van der Waals surface area contributed by atoms with Crippen molar-refractivity contribution in [1.29, 1.82) is 5.26 Å². The second-order valence-corrected chi connectivity index (χ2v) is 2.53. The van der Waals surface area contributed by atoms with Crippen molar-refractivity contribution in [2.45, 2.75) is 6.43 Å². The highest BCUT2D eigenvalue weighted by Crippen LogP contribution is 2.24. The molecule has 0 spiro atoms. The van der Waals surface area contributed by atoms with Crippen molar-refractivity contribution in [1.82, 2.24) is 4.98 Å². The summed E-state index contributed by atoms with van der Waals surface area (Å²) in [6.07, 6.45) is -1.80. The molecule has 0 aliphatic carbocycles. The molecule has 1 aromatic rings. The van der Waals surface area contributed by atoms with Crippen LogP contribution in [0, 0.1) is 11.3 Å². The molecule has 0 aliphatic rings. The number of aromatic nitrogens is 1. The predicted molar refractivity (Wildman–Crippen MR) is 45.2 cm³/mol. The van der Waals surface area contributed by atoms with Gasteiger partial charge in [0, 0.05) is 11.8 Å². The van der Waals surface area contributed by atoms with E-state index in [0.717, 1.165) is 19.4 Å². The topological polar surface area (TPSA) is 63.0 Å². The second-order valence-electron chi connectivity index (χ2n) is 2.53. The molecule has 1 aromatic heterocycles. The Hall–Kier alpha value is -2.03. The third kappa shape index (κ3) is 2.07. The van der Waals surface area contributed by atoms with Gasteiger partial charge in [0.2, 0.25) is 0 Å². The maximum atomic E-state index is 12.5. The summed E-state index contributed by atoms with van der Waals surface area (Å²) in [6, 6.07) is 2.54. The van der Waals surface area contributed by atoms with Gasteiger partial charge < -0.3 is 4.74 Å². The van der Waals surface area contributed by atoms with Crippen molar-refractivity contribution in [2.24, 2.45) is 0 Å². The van der Waals surface area contributed by atoms with Crippen LogP contribution in [0.2, 0.25) is 0 Å². The molecule has 4 nitrogen and oxygen atoms in total. The van der Waals surface area contributed by atoms with Gasteiger partial charge in [-0.15, -0.1) is 0 Å². The normalized spacial score (nSPS) is 9.80. The van der Waals surface area contributed by atoms with Gasteiger partial charge in [0.25, 0.3) is 6.43 Å². The van der Waals surface area contributed by atoms with E-state index in [1.165, 1.54) is 0 Å². The zero-order valence-electron chi connectivity index (χ0n) is 7.70. The lowest BCUT2D eigenvalue weighted by Gasteiger charge is -2.07. The Morgan fingerprint density at radius 2 is 2.33 bits per heavy atom. The fourth-order valence-electron chi connectivity index (χ4n) is 1.06. The second kappa shape index (κ2) is 4.46. The summed E-state index contributed by atoms with van der Waals surface area (Å²) in [7, 11) is 1.05. The van der Waals surface area contributed by atoms with Crippen LogP contribution in [0.15, 0.2) is 12.3 Å². The maximum absolute atomic E-state index is 12.5. The van der Waals surface area contributed by atoms with E-state index in [1.54, 1.807) is 6.07 Å². The summed E-state index contributed by atoms with van der Waals surface area (Å²) < 4.78 is 29.3. The van der Waals surface area contributed by atoms with E-state index in [0.29, 0.717) is 0 Å². The molecule has 1 rings (SSSR count). The largest absolute Gasteiger partial charge is 0.465 e. The Labute approximate surface area is 84.1 Å². The quantitative estimate of drug-likeness (QED) is 0.699. The molecule has 0 amide bonds. The summed E-state index contributed by atoms with van der Waals surface area (Å²) in [5.41, 5.74) is -1.38. The van der Waals surface area contributed by atoms with E-state index in [4.69, 9.17) is 5.26 Å². The van der Waals surface area contributed by atoms with Crippen molar-refractivity contribution in [3.63, 3.8) is 0 Å². The number of hydrogen-bond donors (Lipinski definition) is 0. The first-order valence-electron chi connectivity index (χ1n) is 3.87. The molecule has 15 heavy (non-hydrogen) atoms. The van der Waals surface area contributed by atoms with Crippen LogP contribution in [0.1, 0.15) is 28.0 Å². The number of methoxy groups -OCH3 is 1. The van der Waals surface area contributed by atoms with Gasteiger partial charge in [0.15, 0.2) is 5.69 Å². The van der Waals surface area contributed by atoms with E-state index in [9.17, 15) is 13.6 Å². The minimum absolute atomic E-state index is 0.361. The maximum Gasteiger partial charge on any atom is 0.341 e. The molecule has 0 fully saturated rings. The highest BCUT2D eigenvalue weighted by molar-refractivity contribution is 5.93. The zero-order valence-corrected chi connectivity index (χ0v) is 7.70. The molecule has 0 N–H and O–H groups in total. The fourth-order valence-corrected chi connectivity index (χ4v) is 1.06. The highest BCUT2D eigenvalue weighted by Gasteiger charge is 2.23. The van der Waals surface area contributed by atoms with Crippen molar-refractivity contribution >= 4 is 5.97 Å². The highest BCUT2D eigenvalue weighted by atomic mass is 19.3. The Kier molecular flexibility index (Phi) is 3.29. The summed E-state index contributed by atoms with van der Waals surface area (Å²) in [5, 5.41) is 8.60. The first-order chi connectivity index (χ1) is 7.11. The molecule has 0 saturated heterocycles. The van der Waals surface area contributed by atoms with E-state index in [-0.39, 0.29) is 5.69 Å². The molecule has 0 unspecified atom stereocenters. The molecule has 1 heterocycles. The summed E-state index contributed by atoms with van der Waals surface area (Å²) in [6.45, 7) is 0. The smallest absolute Gasteiger partial charge is 0.341 e. The lowest BCUT2D eigenvalue weighted by atomic mass is 10.1. The molecule has 78 valence electrons. The minimum atomic E-state index is -2.85. The number of hydrogen-bond acceptors (Lipinski definition) is 4. The van der Waals surface area contributed by atoms with Gasteiger partial charge in [-0.1, -0.05) is 0 Å². The lowest BCUT2D eigenvalue weighted by molar-refractivity contribution is 0.0588. The third-order valence-electron chi connectivity index (χ3n) is 1.71. The number of nitriles is 1. The first kappa shape index (κ1) is 11.0. The Balaban J connectivity index is 3.42. The first-order valence-corrected chi connectivity index (χ1v) is 3.87. The van der Waals surface area contributed by atoms with Gasteiger partial charge in [-0.25, -0.2) is 18.6 Å². The molecule has 0 aromatic carbocycles. The van der Waals surface area contributed by atoms with Crippen molar-refractivity contribution in [3.8, 4) is 6.07 Å². The Morgan fingerprint density at radius 3 is 2.80 bits per heavy atom. The van der Waals surface area contributed by atoms with Crippen LogP contribution in [0.4, 0.5) is 8.78 Å². The summed E-state index contributed by atoms with van der Waals surface area (Å²) in [5.74, 6) is -0.991. The average molecular weight is 212 g/mol. The average Bonchev–Trinajstić information content (AvgIpc) is 2.26. The molecule has 0 aliphatic heterocycles. The van der Waals surface area contributed by atoms with Crippen LogP contribution in [0.3, 0.4) is 0 Å². The van der Waals surface area contributed by atoms with Crippen LogP contribution in [0.5, 0.6) is 0 Å². The standard InChI is InChI=1S/C9H6F2N2O2/c1-15-9(14)7-5(8(10)11)2-3-13-6(7)4-12/h2-3,8H,1H3. The summed E-state index contributed by atoms with van der Waals surface area (Å²) in [4.78, 5) is 14.7. The molecule has 0 radical (unpaired) electrons. The van der Waals surface area contributed by atoms with Crippen molar-refractivity contribution < 1.29 is 18.3 Å². The van der Waals surface area contributed by atoms with Gasteiger partial charge >= 0.3 is 5.97 Å². The van der Waals surface area contributed by atoms with Crippen LogP contribution < -0.4 is 0 Å². The summed E-state index contributed by atoms with van der Waals surface area (Å²) >= 11 is 0. The van der Waals surface area contributed by atoms with Gasteiger partial charge in [0.05, 0.1) is 7.11 Å². The molecular weight excluding hydrogens is 206 g/mol. The number of rotatable bonds is 2. The molecular formula is C9H6F2N2O2. The van der Waals surface area contributed by atoms with Crippen LogP contribution in [-0.4, -0.2) is 18.1 Å². The lowest BCUT2D eigenvalue weighted by Crippen LogP contribution is -2.10. The number of carbonyl (C=O) groups excluding carboxylic acids is 1. The fraction of sp³-hybridized carbons (Fsp3) is 0.222. The number of esters is 1. The van der Waals surface area contributed by atoms with Crippen LogP contribution in [0.25, 0.3) is 0 Å². The third-order valence-corrected chi connectivity index (χ3v) is 1.71. The van der Waals surface area contributed by atoms with Crippen LogP contribution >= 0.6 is 0 Å². The van der Waals surface area contributed by atoms with Gasteiger partial charge in [0.1, 0.15) is 11.6 Å². The van der Waals surface area contributed by atoms with E-state index in [1.807, 2.05) is 0 Å². The SMILES string of the molecule is COC(=O)c1c(C(F)F)ccnc1C#N. The van der Waals surface area contributed by atoms with Crippen molar-refractivity contribution in [2.75, 3.05) is 7.11 Å². The number of ether oxygens (including phenoxy) is 1. The van der Waals surface area contributed by atoms with Crippen LogP contribution in [-0.2, 0) is 4.74 Å².